The molecule has 0 amide bonds. The molecule has 6 rings (SSSR count). The number of para-hydroxylation sites is 1. The number of anilines is 2. The van der Waals surface area contributed by atoms with E-state index in [-0.39, 0.29) is 0 Å². The quantitative estimate of drug-likeness (QED) is 0.677. The monoisotopic (exact) mass is 289 g/mol. The number of hydrogen-bond acceptors (Lipinski definition) is 1. The van der Waals surface area contributed by atoms with Gasteiger partial charge in [0.05, 0.1) is 0 Å². The van der Waals surface area contributed by atoms with Crippen molar-refractivity contribution in [1.29, 1.82) is 0 Å². The van der Waals surface area contributed by atoms with Crippen LogP contribution in [-0.2, 0) is 0 Å². The summed E-state index contributed by atoms with van der Waals surface area (Å²) in [6.07, 6.45) is 5.76. The Labute approximate surface area is 133 Å². The zero-order chi connectivity index (χ0) is 14.7. The maximum absolute atomic E-state index is 2.68. The van der Waals surface area contributed by atoms with Crippen molar-refractivity contribution in [2.24, 2.45) is 11.8 Å². The van der Waals surface area contributed by atoms with E-state index in [0.717, 1.165) is 17.8 Å². The van der Waals surface area contributed by atoms with Gasteiger partial charge in [-0.2, -0.15) is 0 Å². The van der Waals surface area contributed by atoms with E-state index in [1.165, 1.54) is 42.6 Å². The average molecular weight is 289 g/mol. The molecule has 0 saturated heterocycles. The van der Waals surface area contributed by atoms with E-state index in [1.54, 1.807) is 5.56 Å². The van der Waals surface area contributed by atoms with E-state index in [2.05, 4.69) is 60.4 Å². The van der Waals surface area contributed by atoms with E-state index in [9.17, 15) is 0 Å². The molecule has 0 spiro atoms. The van der Waals surface area contributed by atoms with Crippen LogP contribution in [-0.4, -0.2) is 6.04 Å². The second-order valence-electron chi connectivity index (χ2n) is 7.46. The van der Waals surface area contributed by atoms with Gasteiger partial charge in [-0.05, 0) is 68.2 Å². The van der Waals surface area contributed by atoms with E-state index in [1.807, 2.05) is 0 Å². The lowest BCUT2D eigenvalue weighted by Crippen LogP contribution is -2.46. The van der Waals surface area contributed by atoms with Crippen molar-refractivity contribution in [2.45, 2.75) is 44.6 Å². The van der Waals surface area contributed by atoms with Gasteiger partial charge in [-0.1, -0.05) is 35.9 Å². The topological polar surface area (TPSA) is 3.24 Å². The molecular formula is C21H23N. The smallest absolute Gasteiger partial charge is 0.0450 e. The van der Waals surface area contributed by atoms with E-state index < -0.39 is 0 Å². The van der Waals surface area contributed by atoms with Gasteiger partial charge >= 0.3 is 0 Å². The van der Waals surface area contributed by atoms with Gasteiger partial charge in [0.15, 0.2) is 0 Å². The zero-order valence-corrected chi connectivity index (χ0v) is 13.2. The molecule has 3 saturated carbocycles. The van der Waals surface area contributed by atoms with Gasteiger partial charge in [-0.15, -0.1) is 0 Å². The molecule has 2 atom stereocenters. The summed E-state index contributed by atoms with van der Waals surface area (Å²) >= 11 is 0. The molecule has 22 heavy (non-hydrogen) atoms. The van der Waals surface area contributed by atoms with Crippen LogP contribution < -0.4 is 4.90 Å². The molecule has 1 nitrogen and oxygen atoms in total. The van der Waals surface area contributed by atoms with E-state index in [4.69, 9.17) is 0 Å². The molecule has 0 N–H and O–H groups in total. The lowest BCUT2D eigenvalue weighted by atomic mass is 9.61. The van der Waals surface area contributed by atoms with Crippen LogP contribution in [0.25, 0.3) is 0 Å². The molecule has 1 aliphatic heterocycles. The fourth-order valence-corrected chi connectivity index (χ4v) is 5.45. The first-order chi connectivity index (χ1) is 10.8. The van der Waals surface area contributed by atoms with Gasteiger partial charge in [0.1, 0.15) is 0 Å². The largest absolute Gasteiger partial charge is 0.337 e. The molecule has 2 aromatic rings. The number of nitrogens with zero attached hydrogens (tertiary/aromatic N) is 1. The SMILES string of the molecule is Cc1ccc2c(c1)C1C3CCC(CC3)C1N2c1ccccc1. The Morgan fingerprint density at radius 1 is 0.864 bits per heavy atom. The Hall–Kier alpha value is -1.76. The Balaban J connectivity index is 1.71. The number of fused-ring (bicyclic) bond motifs is 3. The van der Waals surface area contributed by atoms with Crippen LogP contribution in [0.2, 0.25) is 0 Å². The summed E-state index contributed by atoms with van der Waals surface area (Å²) in [5, 5.41) is 0. The molecule has 2 bridgehead atoms. The highest BCUT2D eigenvalue weighted by Gasteiger charge is 2.52. The van der Waals surface area contributed by atoms with Gasteiger partial charge in [-0.3, -0.25) is 0 Å². The highest BCUT2D eigenvalue weighted by Crippen LogP contribution is 2.59. The second kappa shape index (κ2) is 4.62. The Morgan fingerprint density at radius 3 is 2.36 bits per heavy atom. The summed E-state index contributed by atoms with van der Waals surface area (Å²) in [7, 11) is 0. The lowest BCUT2D eigenvalue weighted by molar-refractivity contribution is 0.125. The van der Waals surface area contributed by atoms with Crippen molar-refractivity contribution in [3.05, 3.63) is 59.7 Å². The van der Waals surface area contributed by atoms with Crippen LogP contribution >= 0.6 is 0 Å². The van der Waals surface area contributed by atoms with Crippen LogP contribution in [0.5, 0.6) is 0 Å². The van der Waals surface area contributed by atoms with Gasteiger partial charge < -0.3 is 4.90 Å². The molecule has 3 fully saturated rings. The third-order valence-electron chi connectivity index (χ3n) is 6.31. The molecule has 3 aliphatic carbocycles. The molecule has 2 aromatic carbocycles. The average Bonchev–Trinajstić information content (AvgIpc) is 2.93. The molecular weight excluding hydrogens is 266 g/mol. The zero-order valence-electron chi connectivity index (χ0n) is 13.2. The molecule has 0 radical (unpaired) electrons. The van der Waals surface area contributed by atoms with Crippen LogP contribution in [0.1, 0.15) is 42.7 Å². The maximum atomic E-state index is 2.68. The standard InChI is InChI=1S/C21H23N/c1-14-7-12-19-18(13-14)20-15-8-10-16(11-9-15)21(20)22(19)17-5-3-2-4-6-17/h2-7,12-13,15-16,20-21H,8-11H2,1H3. The summed E-state index contributed by atoms with van der Waals surface area (Å²) in [4.78, 5) is 2.68. The summed E-state index contributed by atoms with van der Waals surface area (Å²) in [5.41, 5.74) is 5.90. The molecule has 1 heteroatoms. The summed E-state index contributed by atoms with van der Waals surface area (Å²) in [5.74, 6) is 2.55. The fourth-order valence-electron chi connectivity index (χ4n) is 5.45. The Morgan fingerprint density at radius 2 is 1.59 bits per heavy atom. The molecule has 4 aliphatic rings. The number of benzene rings is 2. The van der Waals surface area contributed by atoms with Crippen LogP contribution in [0.15, 0.2) is 48.5 Å². The van der Waals surface area contributed by atoms with Gasteiger partial charge in [0.2, 0.25) is 0 Å². The first-order valence-corrected chi connectivity index (χ1v) is 8.78. The van der Waals surface area contributed by atoms with Crippen LogP contribution in [0, 0.1) is 18.8 Å². The summed E-state index contributed by atoms with van der Waals surface area (Å²) in [6, 6.07) is 18.9. The fraction of sp³-hybridized carbons (Fsp3) is 0.429. The minimum Gasteiger partial charge on any atom is -0.337 e. The predicted octanol–water partition coefficient (Wildman–Crippen LogP) is 5.42. The Kier molecular flexibility index (Phi) is 2.68. The van der Waals surface area contributed by atoms with Crippen molar-refractivity contribution in [3.63, 3.8) is 0 Å². The van der Waals surface area contributed by atoms with Crippen molar-refractivity contribution in [1.82, 2.24) is 0 Å². The molecule has 2 unspecified atom stereocenters. The van der Waals surface area contributed by atoms with Gasteiger partial charge in [-0.25, -0.2) is 0 Å². The van der Waals surface area contributed by atoms with Crippen molar-refractivity contribution < 1.29 is 0 Å². The minimum absolute atomic E-state index is 0.701. The van der Waals surface area contributed by atoms with Gasteiger partial charge in [0.25, 0.3) is 0 Å². The van der Waals surface area contributed by atoms with E-state index in [0.29, 0.717) is 6.04 Å². The summed E-state index contributed by atoms with van der Waals surface area (Å²) < 4.78 is 0. The third-order valence-corrected chi connectivity index (χ3v) is 6.31. The predicted molar refractivity (Wildman–Crippen MR) is 91.7 cm³/mol. The van der Waals surface area contributed by atoms with Gasteiger partial charge in [0, 0.05) is 23.3 Å². The second-order valence-corrected chi connectivity index (χ2v) is 7.46. The first kappa shape index (κ1) is 12.8. The molecule has 0 aromatic heterocycles. The number of rotatable bonds is 1. The molecule has 112 valence electrons. The maximum Gasteiger partial charge on any atom is 0.0450 e. The summed E-state index contributed by atoms with van der Waals surface area (Å²) in [6.45, 7) is 2.24. The Bertz CT molecular complexity index is 697. The third kappa shape index (κ3) is 1.65. The van der Waals surface area contributed by atoms with Crippen LogP contribution in [0.4, 0.5) is 11.4 Å². The normalized spacial score (nSPS) is 32.0. The highest BCUT2D eigenvalue weighted by molar-refractivity contribution is 5.73. The number of aryl methyl sites for hydroxylation is 1. The van der Waals surface area contributed by atoms with Crippen LogP contribution in [0.3, 0.4) is 0 Å². The number of hydrogen-bond donors (Lipinski definition) is 0. The molecule has 1 heterocycles. The van der Waals surface area contributed by atoms with Crippen molar-refractivity contribution in [2.75, 3.05) is 4.90 Å². The lowest BCUT2D eigenvalue weighted by Gasteiger charge is -2.48. The van der Waals surface area contributed by atoms with Crippen molar-refractivity contribution in [3.8, 4) is 0 Å². The van der Waals surface area contributed by atoms with Crippen molar-refractivity contribution >= 4 is 11.4 Å². The van der Waals surface area contributed by atoms with E-state index >= 15 is 0 Å². The first-order valence-electron chi connectivity index (χ1n) is 8.78. The highest BCUT2D eigenvalue weighted by atomic mass is 15.2. The minimum atomic E-state index is 0.701.